The zero-order valence-corrected chi connectivity index (χ0v) is 17.7. The van der Waals surface area contributed by atoms with E-state index in [4.69, 9.17) is 11.6 Å². The molecule has 2 aromatic carbocycles. The fourth-order valence-electron chi connectivity index (χ4n) is 3.39. The molecule has 1 aliphatic heterocycles. The first-order valence-electron chi connectivity index (χ1n) is 9.54. The van der Waals surface area contributed by atoms with Gasteiger partial charge in [-0.2, -0.15) is 0 Å². The first-order chi connectivity index (χ1) is 14.6. The summed E-state index contributed by atoms with van der Waals surface area (Å²) in [6.07, 6.45) is 1.40. The zero-order valence-electron chi connectivity index (χ0n) is 16.1. The van der Waals surface area contributed by atoms with Crippen LogP contribution in [0.2, 0.25) is 5.02 Å². The van der Waals surface area contributed by atoms with Gasteiger partial charge >= 0.3 is 5.69 Å². The van der Waals surface area contributed by atoms with Gasteiger partial charge in [0.25, 0.3) is 0 Å². The Bertz CT molecular complexity index is 1010. The Labute approximate surface area is 183 Å². The van der Waals surface area contributed by atoms with E-state index in [0.29, 0.717) is 29.0 Å². The monoisotopic (exact) mass is 441 g/mol. The van der Waals surface area contributed by atoms with Crippen LogP contribution in [0.25, 0.3) is 0 Å². The van der Waals surface area contributed by atoms with Gasteiger partial charge in [-0.3, -0.25) is 15.0 Å². The van der Waals surface area contributed by atoms with Crippen molar-refractivity contribution in [1.29, 1.82) is 0 Å². The van der Waals surface area contributed by atoms with Crippen LogP contribution < -0.4 is 4.90 Å². The van der Waals surface area contributed by atoms with Gasteiger partial charge in [0, 0.05) is 42.6 Å². The summed E-state index contributed by atoms with van der Waals surface area (Å²) in [6.45, 7) is 3.86. The van der Waals surface area contributed by atoms with Crippen molar-refractivity contribution in [3.05, 3.63) is 81.6 Å². The zero-order chi connectivity index (χ0) is 20.9. The molecule has 30 heavy (non-hydrogen) atoms. The van der Waals surface area contributed by atoms with E-state index in [1.807, 2.05) is 35.2 Å². The summed E-state index contributed by atoms with van der Waals surface area (Å²) in [5.74, 6) is 0.380. The van der Waals surface area contributed by atoms with Crippen molar-refractivity contribution < 1.29 is 4.92 Å². The highest BCUT2D eigenvalue weighted by Gasteiger charge is 2.29. The van der Waals surface area contributed by atoms with Gasteiger partial charge in [0.05, 0.1) is 4.92 Å². The lowest BCUT2D eigenvalue weighted by atomic mass is 10.2. The van der Waals surface area contributed by atoms with Crippen LogP contribution in [0.1, 0.15) is 5.56 Å². The molecule has 0 atom stereocenters. The third-order valence-electron chi connectivity index (χ3n) is 4.90. The highest BCUT2D eigenvalue weighted by Crippen LogP contribution is 2.38. The SMILES string of the molecule is O=[N+]([O-])c1c(Sc2ccc(Cl)cc2)ncnc1N1CCN(Cc2ccccc2)CC1. The molecule has 1 aromatic heterocycles. The number of nitro groups is 1. The van der Waals surface area contributed by atoms with Crippen molar-refractivity contribution in [2.24, 2.45) is 0 Å². The van der Waals surface area contributed by atoms with Crippen molar-refractivity contribution in [2.45, 2.75) is 16.5 Å². The van der Waals surface area contributed by atoms with Crippen molar-refractivity contribution in [3.8, 4) is 0 Å². The summed E-state index contributed by atoms with van der Waals surface area (Å²) < 4.78 is 0. The molecular formula is C21H20ClN5O2S. The summed E-state index contributed by atoms with van der Waals surface area (Å²) in [5.41, 5.74) is 1.22. The molecule has 1 saturated heterocycles. The second-order valence-electron chi connectivity index (χ2n) is 6.91. The maximum Gasteiger partial charge on any atom is 0.343 e. The largest absolute Gasteiger partial charge is 0.348 e. The number of piperazine rings is 1. The van der Waals surface area contributed by atoms with E-state index in [1.54, 1.807) is 12.1 Å². The van der Waals surface area contributed by atoms with Gasteiger partial charge < -0.3 is 4.90 Å². The normalized spacial score (nSPS) is 14.6. The molecule has 0 amide bonds. The second-order valence-corrected chi connectivity index (χ2v) is 8.41. The fraction of sp³-hybridized carbons (Fsp3) is 0.238. The maximum absolute atomic E-state index is 11.9. The molecule has 0 spiro atoms. The minimum Gasteiger partial charge on any atom is -0.348 e. The Hall–Kier alpha value is -2.68. The lowest BCUT2D eigenvalue weighted by Crippen LogP contribution is -2.46. The molecule has 154 valence electrons. The molecule has 0 aliphatic carbocycles. The van der Waals surface area contributed by atoms with Crippen LogP contribution in [0.5, 0.6) is 0 Å². The minimum absolute atomic E-state index is 0.0473. The lowest BCUT2D eigenvalue weighted by Gasteiger charge is -2.35. The molecule has 9 heteroatoms. The summed E-state index contributed by atoms with van der Waals surface area (Å²) in [7, 11) is 0. The molecule has 4 rings (SSSR count). The van der Waals surface area contributed by atoms with E-state index in [-0.39, 0.29) is 10.6 Å². The van der Waals surface area contributed by atoms with Crippen LogP contribution in [0.3, 0.4) is 0 Å². The van der Waals surface area contributed by atoms with Gasteiger partial charge in [-0.15, -0.1) is 0 Å². The van der Waals surface area contributed by atoms with Crippen molar-refractivity contribution >= 4 is 34.9 Å². The quantitative estimate of drug-likeness (QED) is 0.316. The standard InChI is InChI=1S/C21H20ClN5O2S/c22-17-6-8-18(9-7-17)30-21-19(27(28)29)20(23-15-24-21)26-12-10-25(11-13-26)14-16-4-2-1-3-5-16/h1-9,15H,10-14H2. The Balaban J connectivity index is 1.50. The van der Waals surface area contributed by atoms with Gasteiger partial charge in [-0.25, -0.2) is 9.97 Å². The summed E-state index contributed by atoms with van der Waals surface area (Å²) in [6, 6.07) is 17.5. The average molecular weight is 442 g/mol. The molecule has 2 heterocycles. The van der Waals surface area contributed by atoms with Crippen LogP contribution >= 0.6 is 23.4 Å². The molecule has 0 radical (unpaired) electrons. The van der Waals surface area contributed by atoms with Gasteiger partial charge in [0.15, 0.2) is 5.03 Å². The van der Waals surface area contributed by atoms with Gasteiger partial charge in [0.1, 0.15) is 6.33 Å². The maximum atomic E-state index is 11.9. The summed E-state index contributed by atoms with van der Waals surface area (Å²) >= 11 is 7.18. The third-order valence-corrected chi connectivity index (χ3v) is 6.15. The van der Waals surface area contributed by atoms with E-state index < -0.39 is 0 Å². The summed E-state index contributed by atoms with van der Waals surface area (Å²) in [5, 5.41) is 12.8. The van der Waals surface area contributed by atoms with Crippen LogP contribution in [0.15, 0.2) is 70.8 Å². The van der Waals surface area contributed by atoms with E-state index in [0.717, 1.165) is 24.5 Å². The Morgan fingerprint density at radius 3 is 2.37 bits per heavy atom. The molecular weight excluding hydrogens is 422 g/mol. The molecule has 0 saturated carbocycles. The third kappa shape index (κ3) is 4.89. The molecule has 1 fully saturated rings. The molecule has 3 aromatic rings. The first-order valence-corrected chi connectivity index (χ1v) is 10.7. The lowest BCUT2D eigenvalue weighted by molar-refractivity contribution is -0.387. The predicted octanol–water partition coefficient (Wildman–Crippen LogP) is 4.51. The Morgan fingerprint density at radius 1 is 1.00 bits per heavy atom. The average Bonchev–Trinajstić information content (AvgIpc) is 2.76. The van der Waals surface area contributed by atoms with Crippen LogP contribution in [0, 0.1) is 10.1 Å². The highest BCUT2D eigenvalue weighted by molar-refractivity contribution is 7.99. The number of rotatable bonds is 6. The topological polar surface area (TPSA) is 75.4 Å². The molecule has 1 aliphatic rings. The number of hydrogen-bond acceptors (Lipinski definition) is 7. The van der Waals surface area contributed by atoms with Gasteiger partial charge in [-0.05, 0) is 29.8 Å². The molecule has 0 unspecified atom stereocenters. The molecule has 7 nitrogen and oxygen atoms in total. The fourth-order valence-corrected chi connectivity index (χ4v) is 4.38. The molecule has 0 bridgehead atoms. The Morgan fingerprint density at radius 2 is 1.70 bits per heavy atom. The van der Waals surface area contributed by atoms with E-state index in [1.165, 1.54) is 23.7 Å². The second kappa shape index (κ2) is 9.42. The number of benzene rings is 2. The highest BCUT2D eigenvalue weighted by atomic mass is 35.5. The summed E-state index contributed by atoms with van der Waals surface area (Å²) in [4.78, 5) is 25.1. The van der Waals surface area contributed by atoms with Crippen molar-refractivity contribution in [3.63, 3.8) is 0 Å². The number of nitrogens with zero attached hydrogens (tertiary/aromatic N) is 5. The van der Waals surface area contributed by atoms with E-state index in [9.17, 15) is 10.1 Å². The van der Waals surface area contributed by atoms with E-state index >= 15 is 0 Å². The van der Waals surface area contributed by atoms with E-state index in [2.05, 4.69) is 27.0 Å². The van der Waals surface area contributed by atoms with Crippen LogP contribution in [-0.4, -0.2) is 46.0 Å². The smallest absolute Gasteiger partial charge is 0.343 e. The van der Waals surface area contributed by atoms with Gasteiger partial charge in [-0.1, -0.05) is 53.7 Å². The van der Waals surface area contributed by atoms with Crippen LogP contribution in [-0.2, 0) is 6.54 Å². The number of aromatic nitrogens is 2. The predicted molar refractivity (Wildman–Crippen MR) is 118 cm³/mol. The Kier molecular flexibility index (Phi) is 6.47. The van der Waals surface area contributed by atoms with Crippen molar-refractivity contribution in [2.75, 3.05) is 31.1 Å². The number of hydrogen-bond donors (Lipinski definition) is 0. The number of anilines is 1. The minimum atomic E-state index is -0.385. The first kappa shape index (κ1) is 20.6. The van der Waals surface area contributed by atoms with Crippen LogP contribution in [0.4, 0.5) is 11.5 Å². The number of halogens is 1. The molecule has 0 N–H and O–H groups in total. The van der Waals surface area contributed by atoms with Gasteiger partial charge in [0.2, 0.25) is 5.82 Å². The van der Waals surface area contributed by atoms with Crippen molar-refractivity contribution in [1.82, 2.24) is 14.9 Å².